The Morgan fingerprint density at radius 2 is 1.60 bits per heavy atom. The Morgan fingerprint density at radius 1 is 0.914 bits per heavy atom. The first-order valence-corrected chi connectivity index (χ1v) is 11.2. The molecule has 2 heterocycles. The Bertz CT molecular complexity index is 1210. The van der Waals surface area contributed by atoms with Crippen molar-refractivity contribution in [2.45, 2.75) is 19.5 Å². The Kier molecular flexibility index (Phi) is 6.99. The van der Waals surface area contributed by atoms with Crippen LogP contribution in [0.3, 0.4) is 0 Å². The number of hydrogen-bond donors (Lipinski definition) is 1. The van der Waals surface area contributed by atoms with Crippen LogP contribution >= 0.6 is 0 Å². The molecule has 0 radical (unpaired) electrons. The predicted octanol–water partition coefficient (Wildman–Crippen LogP) is 4.27. The number of aryl methyl sites for hydroxylation is 1. The van der Waals surface area contributed by atoms with Gasteiger partial charge in [-0.15, -0.1) is 10.2 Å². The lowest BCUT2D eigenvalue weighted by Crippen LogP contribution is -2.49. The minimum atomic E-state index is -4.60. The number of carbonyl (C=O) groups is 2. The summed E-state index contributed by atoms with van der Waals surface area (Å²) >= 11 is 0. The Labute approximate surface area is 200 Å². The van der Waals surface area contributed by atoms with E-state index in [1.54, 1.807) is 12.1 Å². The van der Waals surface area contributed by atoms with Crippen LogP contribution < -0.4 is 10.2 Å². The number of anilines is 2. The molecule has 0 bridgehead atoms. The van der Waals surface area contributed by atoms with Gasteiger partial charge in [0.15, 0.2) is 11.5 Å². The molecule has 1 fully saturated rings. The summed E-state index contributed by atoms with van der Waals surface area (Å²) in [5, 5.41) is 11.0. The summed E-state index contributed by atoms with van der Waals surface area (Å²) in [5.74, 6) is -0.495. The van der Waals surface area contributed by atoms with Crippen molar-refractivity contribution in [3.63, 3.8) is 0 Å². The molecular weight excluding hydrogens is 459 g/mol. The number of nitrogens with one attached hydrogen (secondary N) is 1. The average Bonchev–Trinajstić information content (AvgIpc) is 2.88. The van der Waals surface area contributed by atoms with Crippen molar-refractivity contribution in [3.05, 3.63) is 83.0 Å². The standard InChI is InChI=1S/C25H24F3N5O2/c1-2-17-7-3-6-10-20(17)29-23(34)21-11-12-22(31-30-21)32-13-15-33(16-14-32)24(35)18-8-4-5-9-19(18)25(26,27)28/h3-12H,2,13-16H2,1H3,(H,29,34). The number of hydrogen-bond acceptors (Lipinski definition) is 5. The number of amides is 2. The van der Waals surface area contributed by atoms with E-state index in [0.717, 1.165) is 23.7 Å². The van der Waals surface area contributed by atoms with Crippen molar-refractivity contribution in [1.82, 2.24) is 15.1 Å². The molecule has 4 rings (SSSR count). The van der Waals surface area contributed by atoms with Gasteiger partial charge in [0, 0.05) is 31.9 Å². The lowest BCUT2D eigenvalue weighted by atomic mass is 10.1. The number of halogens is 3. The molecule has 0 aliphatic carbocycles. The number of para-hydroxylation sites is 1. The second-order valence-corrected chi connectivity index (χ2v) is 8.06. The third-order valence-electron chi connectivity index (χ3n) is 5.88. The van der Waals surface area contributed by atoms with Gasteiger partial charge in [-0.25, -0.2) is 0 Å². The van der Waals surface area contributed by atoms with E-state index in [-0.39, 0.29) is 30.3 Å². The maximum atomic E-state index is 13.3. The largest absolute Gasteiger partial charge is 0.417 e. The Morgan fingerprint density at radius 3 is 2.26 bits per heavy atom. The third-order valence-corrected chi connectivity index (χ3v) is 5.88. The molecule has 10 heteroatoms. The summed E-state index contributed by atoms with van der Waals surface area (Å²) in [7, 11) is 0. The molecule has 2 amide bonds. The van der Waals surface area contributed by atoms with E-state index < -0.39 is 17.6 Å². The van der Waals surface area contributed by atoms with Crippen molar-refractivity contribution < 1.29 is 22.8 Å². The summed E-state index contributed by atoms with van der Waals surface area (Å²) in [6.45, 7) is 3.24. The summed E-state index contributed by atoms with van der Waals surface area (Å²) in [4.78, 5) is 28.6. The van der Waals surface area contributed by atoms with Gasteiger partial charge in [0.2, 0.25) is 0 Å². The van der Waals surface area contributed by atoms with E-state index in [9.17, 15) is 22.8 Å². The highest BCUT2D eigenvalue weighted by Gasteiger charge is 2.36. The van der Waals surface area contributed by atoms with E-state index in [1.807, 2.05) is 36.1 Å². The maximum absolute atomic E-state index is 13.3. The minimum Gasteiger partial charge on any atom is -0.352 e. The van der Waals surface area contributed by atoms with E-state index in [4.69, 9.17) is 0 Å². The van der Waals surface area contributed by atoms with Gasteiger partial charge >= 0.3 is 6.18 Å². The molecule has 35 heavy (non-hydrogen) atoms. The molecule has 0 atom stereocenters. The maximum Gasteiger partial charge on any atom is 0.417 e. The van der Waals surface area contributed by atoms with Crippen molar-refractivity contribution in [2.75, 3.05) is 36.4 Å². The number of rotatable bonds is 5. The lowest BCUT2D eigenvalue weighted by molar-refractivity contribution is -0.138. The van der Waals surface area contributed by atoms with Crippen LogP contribution in [0.2, 0.25) is 0 Å². The number of carbonyl (C=O) groups excluding carboxylic acids is 2. The van der Waals surface area contributed by atoms with Crippen LogP contribution in [0, 0.1) is 0 Å². The predicted molar refractivity (Wildman–Crippen MR) is 125 cm³/mol. The van der Waals surface area contributed by atoms with Gasteiger partial charge in [0.1, 0.15) is 0 Å². The number of alkyl halides is 3. The fourth-order valence-electron chi connectivity index (χ4n) is 3.98. The Hall–Kier alpha value is -3.95. The molecule has 3 aromatic rings. The topological polar surface area (TPSA) is 78.4 Å². The molecule has 0 spiro atoms. The highest BCUT2D eigenvalue weighted by molar-refractivity contribution is 6.03. The van der Waals surface area contributed by atoms with E-state index in [0.29, 0.717) is 18.9 Å². The number of nitrogens with zero attached hydrogens (tertiary/aromatic N) is 4. The van der Waals surface area contributed by atoms with Crippen LogP contribution in [0.4, 0.5) is 24.7 Å². The first-order valence-electron chi connectivity index (χ1n) is 11.2. The molecule has 0 saturated carbocycles. The van der Waals surface area contributed by atoms with Crippen LogP contribution in [0.15, 0.2) is 60.7 Å². The quantitative estimate of drug-likeness (QED) is 0.587. The second kappa shape index (κ2) is 10.1. The second-order valence-electron chi connectivity index (χ2n) is 8.06. The van der Waals surface area contributed by atoms with E-state index in [1.165, 1.54) is 23.1 Å². The highest BCUT2D eigenvalue weighted by Crippen LogP contribution is 2.32. The smallest absolute Gasteiger partial charge is 0.352 e. The summed E-state index contributed by atoms with van der Waals surface area (Å²) in [5.41, 5.74) is 0.605. The highest BCUT2D eigenvalue weighted by atomic mass is 19.4. The normalized spacial score (nSPS) is 14.1. The van der Waals surface area contributed by atoms with E-state index in [2.05, 4.69) is 15.5 Å². The number of benzene rings is 2. The third kappa shape index (κ3) is 5.42. The van der Waals surface area contributed by atoms with Crippen molar-refractivity contribution in [2.24, 2.45) is 0 Å². The monoisotopic (exact) mass is 483 g/mol. The van der Waals surface area contributed by atoms with Crippen LogP contribution in [-0.4, -0.2) is 53.1 Å². The van der Waals surface area contributed by atoms with E-state index >= 15 is 0 Å². The molecule has 2 aromatic carbocycles. The lowest BCUT2D eigenvalue weighted by Gasteiger charge is -2.35. The average molecular weight is 483 g/mol. The zero-order valence-electron chi connectivity index (χ0n) is 19.0. The molecule has 1 aliphatic heterocycles. The first kappa shape index (κ1) is 24.2. The summed E-state index contributed by atoms with van der Waals surface area (Å²) in [6, 6.07) is 15.6. The molecule has 7 nitrogen and oxygen atoms in total. The molecule has 1 aliphatic rings. The Balaban J connectivity index is 1.38. The van der Waals surface area contributed by atoms with Gasteiger partial charge in [-0.2, -0.15) is 13.2 Å². The fraction of sp³-hybridized carbons (Fsp3) is 0.280. The van der Waals surface area contributed by atoms with Crippen LogP contribution in [0.25, 0.3) is 0 Å². The van der Waals surface area contributed by atoms with Gasteiger partial charge in [0.25, 0.3) is 11.8 Å². The zero-order valence-corrected chi connectivity index (χ0v) is 19.0. The zero-order chi connectivity index (χ0) is 25.0. The number of piperazine rings is 1. The number of aromatic nitrogens is 2. The fourth-order valence-corrected chi connectivity index (χ4v) is 3.98. The molecular formula is C25H24F3N5O2. The van der Waals surface area contributed by atoms with Crippen molar-refractivity contribution >= 4 is 23.3 Å². The summed E-state index contributed by atoms with van der Waals surface area (Å²) in [6.07, 6.45) is -3.83. The molecule has 1 N–H and O–H groups in total. The van der Waals surface area contributed by atoms with Gasteiger partial charge < -0.3 is 15.1 Å². The van der Waals surface area contributed by atoms with Crippen LogP contribution in [0.1, 0.15) is 38.9 Å². The molecule has 0 unspecified atom stereocenters. The van der Waals surface area contributed by atoms with Gasteiger partial charge in [-0.3, -0.25) is 9.59 Å². The SMILES string of the molecule is CCc1ccccc1NC(=O)c1ccc(N2CCN(C(=O)c3ccccc3C(F)(F)F)CC2)nn1. The minimum absolute atomic E-state index is 0.164. The van der Waals surface area contributed by atoms with Gasteiger partial charge in [-0.05, 0) is 42.3 Å². The van der Waals surface area contributed by atoms with Gasteiger partial charge in [0.05, 0.1) is 11.1 Å². The van der Waals surface area contributed by atoms with Crippen molar-refractivity contribution in [3.8, 4) is 0 Å². The van der Waals surface area contributed by atoms with Gasteiger partial charge in [-0.1, -0.05) is 37.3 Å². The van der Waals surface area contributed by atoms with Crippen LogP contribution in [0.5, 0.6) is 0 Å². The van der Waals surface area contributed by atoms with Crippen molar-refractivity contribution in [1.29, 1.82) is 0 Å². The van der Waals surface area contributed by atoms with Crippen LogP contribution in [-0.2, 0) is 12.6 Å². The summed E-state index contributed by atoms with van der Waals surface area (Å²) < 4.78 is 39.9. The molecule has 1 aromatic heterocycles. The molecule has 1 saturated heterocycles. The molecule has 182 valence electrons. The first-order chi connectivity index (χ1) is 16.8.